The number of benzene rings is 1. The van der Waals surface area contributed by atoms with Crippen LogP contribution in [0.4, 0.5) is 5.69 Å². The lowest BCUT2D eigenvalue weighted by Crippen LogP contribution is -2.15. The van der Waals surface area contributed by atoms with E-state index in [4.69, 9.17) is 4.74 Å². The van der Waals surface area contributed by atoms with Gasteiger partial charge in [-0.3, -0.25) is 9.78 Å². The molecule has 2 N–H and O–H groups in total. The van der Waals surface area contributed by atoms with Gasteiger partial charge in [-0.25, -0.2) is 0 Å². The van der Waals surface area contributed by atoms with Gasteiger partial charge in [-0.1, -0.05) is 12.1 Å². The molecular formula is C15H16N2O3. The van der Waals surface area contributed by atoms with Crippen LogP contribution in [0.2, 0.25) is 0 Å². The Hall–Kier alpha value is -2.40. The van der Waals surface area contributed by atoms with Crippen LogP contribution in [0.15, 0.2) is 42.7 Å². The molecule has 0 aliphatic heterocycles. The molecule has 0 spiro atoms. The summed E-state index contributed by atoms with van der Waals surface area (Å²) < 4.78 is 5.12. The molecule has 2 aromatic rings. The molecule has 0 atom stereocenters. The molecule has 1 amide bonds. The standard InChI is InChI=1S/C15H16N2O3/c1-20-13-4-2-3-11(7-13)8-15(19)17-14-9-16-6-5-12(14)10-18/h2-7,9,18H,8,10H2,1H3,(H,17,19). The highest BCUT2D eigenvalue weighted by molar-refractivity contribution is 5.92. The Bertz CT molecular complexity index is 599. The predicted octanol–water partition coefficient (Wildman–Crippen LogP) is 1.76. The van der Waals surface area contributed by atoms with E-state index >= 15 is 0 Å². The van der Waals surface area contributed by atoms with Crippen molar-refractivity contribution < 1.29 is 14.6 Å². The minimum absolute atomic E-state index is 0.142. The highest BCUT2D eigenvalue weighted by Crippen LogP contribution is 2.16. The van der Waals surface area contributed by atoms with Crippen LogP contribution in [-0.2, 0) is 17.8 Å². The van der Waals surface area contributed by atoms with E-state index < -0.39 is 0 Å². The summed E-state index contributed by atoms with van der Waals surface area (Å²) >= 11 is 0. The van der Waals surface area contributed by atoms with Gasteiger partial charge in [0.25, 0.3) is 0 Å². The van der Waals surface area contributed by atoms with Crippen molar-refractivity contribution in [2.75, 3.05) is 12.4 Å². The Morgan fingerprint density at radius 2 is 2.25 bits per heavy atom. The molecule has 20 heavy (non-hydrogen) atoms. The van der Waals surface area contributed by atoms with E-state index in [0.717, 1.165) is 5.56 Å². The Kier molecular flexibility index (Phi) is 4.68. The third-order valence-electron chi connectivity index (χ3n) is 2.85. The zero-order valence-electron chi connectivity index (χ0n) is 11.2. The summed E-state index contributed by atoms with van der Waals surface area (Å²) in [5, 5.41) is 11.9. The lowest BCUT2D eigenvalue weighted by Gasteiger charge is -2.09. The van der Waals surface area contributed by atoms with Crippen LogP contribution in [0.3, 0.4) is 0 Å². The lowest BCUT2D eigenvalue weighted by molar-refractivity contribution is -0.115. The Balaban J connectivity index is 2.05. The molecule has 0 saturated heterocycles. The predicted molar refractivity (Wildman–Crippen MR) is 75.5 cm³/mol. The van der Waals surface area contributed by atoms with Gasteiger partial charge >= 0.3 is 0 Å². The molecule has 5 heteroatoms. The molecule has 0 unspecified atom stereocenters. The molecule has 0 radical (unpaired) electrons. The molecular weight excluding hydrogens is 256 g/mol. The molecule has 1 aromatic carbocycles. The first-order chi connectivity index (χ1) is 9.72. The monoisotopic (exact) mass is 272 g/mol. The van der Waals surface area contributed by atoms with Crippen LogP contribution in [0.1, 0.15) is 11.1 Å². The number of carbonyl (C=O) groups is 1. The fourth-order valence-electron chi connectivity index (χ4n) is 1.84. The highest BCUT2D eigenvalue weighted by atomic mass is 16.5. The SMILES string of the molecule is COc1cccc(CC(=O)Nc2cnccc2CO)c1. The number of anilines is 1. The van der Waals surface area contributed by atoms with Crippen molar-refractivity contribution in [2.45, 2.75) is 13.0 Å². The maximum atomic E-state index is 12.0. The van der Waals surface area contributed by atoms with Crippen LogP contribution < -0.4 is 10.1 Å². The quantitative estimate of drug-likeness (QED) is 0.870. The van der Waals surface area contributed by atoms with E-state index in [-0.39, 0.29) is 18.9 Å². The molecule has 5 nitrogen and oxygen atoms in total. The van der Waals surface area contributed by atoms with Crippen molar-refractivity contribution in [1.29, 1.82) is 0 Å². The highest BCUT2D eigenvalue weighted by Gasteiger charge is 2.08. The van der Waals surface area contributed by atoms with E-state index in [2.05, 4.69) is 10.3 Å². The minimum atomic E-state index is -0.166. The van der Waals surface area contributed by atoms with Crippen LogP contribution in [0.5, 0.6) is 5.75 Å². The van der Waals surface area contributed by atoms with E-state index in [1.807, 2.05) is 24.3 Å². The number of pyridine rings is 1. The van der Waals surface area contributed by atoms with Crippen LogP contribution in [0.25, 0.3) is 0 Å². The van der Waals surface area contributed by atoms with E-state index in [1.165, 1.54) is 6.20 Å². The largest absolute Gasteiger partial charge is 0.497 e. The van der Waals surface area contributed by atoms with Crippen molar-refractivity contribution in [3.63, 3.8) is 0 Å². The Morgan fingerprint density at radius 1 is 1.40 bits per heavy atom. The molecule has 2 rings (SSSR count). The van der Waals surface area contributed by atoms with Crippen molar-refractivity contribution >= 4 is 11.6 Å². The van der Waals surface area contributed by atoms with Gasteiger partial charge in [0.15, 0.2) is 0 Å². The zero-order valence-corrected chi connectivity index (χ0v) is 11.2. The molecule has 0 saturated carbocycles. The van der Waals surface area contributed by atoms with Crippen LogP contribution >= 0.6 is 0 Å². The number of carbonyl (C=O) groups excluding carboxylic acids is 1. The summed E-state index contributed by atoms with van der Waals surface area (Å²) in [6, 6.07) is 9.01. The van der Waals surface area contributed by atoms with Gasteiger partial charge in [-0.05, 0) is 23.8 Å². The average molecular weight is 272 g/mol. The first-order valence-corrected chi connectivity index (χ1v) is 6.19. The maximum Gasteiger partial charge on any atom is 0.228 e. The van der Waals surface area contributed by atoms with Crippen molar-refractivity contribution in [1.82, 2.24) is 4.98 Å². The first kappa shape index (κ1) is 14.0. The maximum absolute atomic E-state index is 12.0. The summed E-state index contributed by atoms with van der Waals surface area (Å²) in [5.41, 5.74) is 2.03. The normalized spacial score (nSPS) is 10.1. The average Bonchev–Trinajstić information content (AvgIpc) is 2.48. The summed E-state index contributed by atoms with van der Waals surface area (Å²) in [7, 11) is 1.59. The topological polar surface area (TPSA) is 71.5 Å². The van der Waals surface area contributed by atoms with E-state index in [1.54, 1.807) is 19.4 Å². The molecule has 104 valence electrons. The van der Waals surface area contributed by atoms with Gasteiger partial charge in [0, 0.05) is 11.8 Å². The van der Waals surface area contributed by atoms with Gasteiger partial charge in [0.1, 0.15) is 5.75 Å². The van der Waals surface area contributed by atoms with Crippen LogP contribution in [-0.4, -0.2) is 23.1 Å². The molecule has 1 heterocycles. The smallest absolute Gasteiger partial charge is 0.228 e. The summed E-state index contributed by atoms with van der Waals surface area (Å²) in [5.74, 6) is 0.550. The third-order valence-corrected chi connectivity index (χ3v) is 2.85. The molecule has 0 fully saturated rings. The second-order valence-electron chi connectivity index (χ2n) is 4.27. The number of amides is 1. The molecule has 0 bridgehead atoms. The number of aliphatic hydroxyl groups excluding tert-OH is 1. The third kappa shape index (κ3) is 3.55. The molecule has 0 aliphatic rings. The van der Waals surface area contributed by atoms with Gasteiger partial charge in [0.05, 0.1) is 32.0 Å². The Labute approximate surface area is 117 Å². The number of ether oxygens (including phenoxy) is 1. The number of rotatable bonds is 5. The van der Waals surface area contributed by atoms with Gasteiger partial charge in [0.2, 0.25) is 5.91 Å². The van der Waals surface area contributed by atoms with Gasteiger partial charge < -0.3 is 15.2 Å². The summed E-state index contributed by atoms with van der Waals surface area (Å²) in [6.45, 7) is -0.142. The lowest BCUT2D eigenvalue weighted by atomic mass is 10.1. The van der Waals surface area contributed by atoms with Crippen LogP contribution in [0, 0.1) is 0 Å². The van der Waals surface area contributed by atoms with Crippen molar-refractivity contribution in [3.05, 3.63) is 53.9 Å². The fraction of sp³-hybridized carbons (Fsp3) is 0.200. The Morgan fingerprint density at radius 3 is 3.00 bits per heavy atom. The van der Waals surface area contributed by atoms with E-state index in [9.17, 15) is 9.90 Å². The second-order valence-corrected chi connectivity index (χ2v) is 4.27. The zero-order chi connectivity index (χ0) is 14.4. The minimum Gasteiger partial charge on any atom is -0.497 e. The number of hydrogen-bond acceptors (Lipinski definition) is 4. The number of aliphatic hydroxyl groups is 1. The van der Waals surface area contributed by atoms with Crippen molar-refractivity contribution in [3.8, 4) is 5.75 Å². The molecule has 0 aliphatic carbocycles. The fourth-order valence-corrected chi connectivity index (χ4v) is 1.84. The number of nitrogens with zero attached hydrogens (tertiary/aromatic N) is 1. The van der Waals surface area contributed by atoms with E-state index in [0.29, 0.717) is 17.0 Å². The second kappa shape index (κ2) is 6.68. The number of nitrogens with one attached hydrogen (secondary N) is 1. The number of aromatic nitrogens is 1. The van der Waals surface area contributed by atoms with Gasteiger partial charge in [-0.15, -0.1) is 0 Å². The molecule has 1 aromatic heterocycles. The van der Waals surface area contributed by atoms with Crippen molar-refractivity contribution in [2.24, 2.45) is 0 Å². The number of hydrogen-bond donors (Lipinski definition) is 2. The first-order valence-electron chi connectivity index (χ1n) is 6.19. The van der Waals surface area contributed by atoms with Gasteiger partial charge in [-0.2, -0.15) is 0 Å². The summed E-state index contributed by atoms with van der Waals surface area (Å²) in [6.07, 6.45) is 3.33. The summed E-state index contributed by atoms with van der Waals surface area (Å²) in [4.78, 5) is 15.9. The number of methoxy groups -OCH3 is 1.